The van der Waals surface area contributed by atoms with E-state index >= 15 is 0 Å². The molecule has 0 atom stereocenters. The highest BCUT2D eigenvalue weighted by Crippen LogP contribution is 2.27. The SMILES string of the molecule is Nc1cnc2cc(Cl)ccc2c1S. The third-order valence-electron chi connectivity index (χ3n) is 1.83. The van der Waals surface area contributed by atoms with Crippen LogP contribution in [0.15, 0.2) is 29.3 Å². The van der Waals surface area contributed by atoms with Crippen molar-refractivity contribution in [3.63, 3.8) is 0 Å². The zero-order valence-corrected chi connectivity index (χ0v) is 8.31. The first-order valence-corrected chi connectivity index (χ1v) is 4.53. The molecule has 0 aliphatic heterocycles. The van der Waals surface area contributed by atoms with Crippen molar-refractivity contribution in [2.24, 2.45) is 0 Å². The summed E-state index contributed by atoms with van der Waals surface area (Å²) in [5.74, 6) is 0. The van der Waals surface area contributed by atoms with E-state index in [4.69, 9.17) is 17.3 Å². The van der Waals surface area contributed by atoms with Gasteiger partial charge in [0, 0.05) is 15.3 Å². The molecule has 2 aromatic rings. The van der Waals surface area contributed by atoms with Gasteiger partial charge in [-0.1, -0.05) is 17.7 Å². The molecule has 0 spiro atoms. The standard InChI is InChI=1S/C9H7ClN2S/c10-5-1-2-6-8(3-5)12-4-7(11)9(6)13/h1-4H,11H2,(H,12,13). The first-order valence-electron chi connectivity index (χ1n) is 3.71. The number of fused-ring (bicyclic) bond motifs is 1. The first kappa shape index (κ1) is 8.66. The molecule has 2 N–H and O–H groups in total. The van der Waals surface area contributed by atoms with Crippen LogP contribution in [0.25, 0.3) is 10.9 Å². The van der Waals surface area contributed by atoms with Gasteiger partial charge >= 0.3 is 0 Å². The molecule has 0 fully saturated rings. The number of thiol groups is 1. The van der Waals surface area contributed by atoms with E-state index in [0.717, 1.165) is 15.8 Å². The van der Waals surface area contributed by atoms with Crippen LogP contribution in [-0.2, 0) is 0 Å². The molecule has 1 aromatic heterocycles. The maximum absolute atomic E-state index is 5.81. The van der Waals surface area contributed by atoms with E-state index in [1.807, 2.05) is 6.07 Å². The summed E-state index contributed by atoms with van der Waals surface area (Å²) >= 11 is 10.1. The van der Waals surface area contributed by atoms with Gasteiger partial charge in [0.2, 0.25) is 0 Å². The second-order valence-electron chi connectivity index (χ2n) is 2.72. The molecule has 66 valence electrons. The maximum Gasteiger partial charge on any atom is 0.0729 e. The minimum atomic E-state index is 0.582. The minimum absolute atomic E-state index is 0.582. The van der Waals surface area contributed by atoms with Crippen LogP contribution in [0.3, 0.4) is 0 Å². The van der Waals surface area contributed by atoms with Crippen LogP contribution in [0.1, 0.15) is 0 Å². The Kier molecular flexibility index (Phi) is 2.06. The van der Waals surface area contributed by atoms with Gasteiger partial charge in [0.05, 0.1) is 17.4 Å². The van der Waals surface area contributed by atoms with Crippen LogP contribution >= 0.6 is 24.2 Å². The summed E-state index contributed by atoms with van der Waals surface area (Å²) in [6.45, 7) is 0. The monoisotopic (exact) mass is 210 g/mol. The van der Waals surface area contributed by atoms with Crippen molar-refractivity contribution in [3.8, 4) is 0 Å². The predicted molar refractivity (Wildman–Crippen MR) is 58.4 cm³/mol. The molecular weight excluding hydrogens is 204 g/mol. The molecule has 2 rings (SSSR count). The summed E-state index contributed by atoms with van der Waals surface area (Å²) < 4.78 is 0. The Hall–Kier alpha value is -0.930. The third-order valence-corrected chi connectivity index (χ3v) is 2.57. The summed E-state index contributed by atoms with van der Waals surface area (Å²) in [4.78, 5) is 4.90. The Bertz CT molecular complexity index is 470. The summed E-state index contributed by atoms with van der Waals surface area (Å²) in [5.41, 5.74) is 7.05. The van der Waals surface area contributed by atoms with Crippen LogP contribution < -0.4 is 5.73 Å². The molecule has 0 aliphatic carbocycles. The smallest absolute Gasteiger partial charge is 0.0729 e. The Morgan fingerprint density at radius 3 is 2.92 bits per heavy atom. The van der Waals surface area contributed by atoms with Crippen molar-refractivity contribution in [2.45, 2.75) is 4.90 Å². The number of benzene rings is 1. The van der Waals surface area contributed by atoms with E-state index < -0.39 is 0 Å². The normalized spacial score (nSPS) is 10.6. The molecule has 0 saturated carbocycles. The van der Waals surface area contributed by atoms with E-state index in [9.17, 15) is 0 Å². The third kappa shape index (κ3) is 1.45. The molecule has 1 aromatic carbocycles. The zero-order valence-electron chi connectivity index (χ0n) is 6.66. The second-order valence-corrected chi connectivity index (χ2v) is 3.61. The van der Waals surface area contributed by atoms with E-state index in [1.165, 1.54) is 0 Å². The first-order chi connectivity index (χ1) is 6.18. The van der Waals surface area contributed by atoms with Gasteiger partial charge in [-0.15, -0.1) is 12.6 Å². The number of hydrogen-bond acceptors (Lipinski definition) is 3. The molecule has 13 heavy (non-hydrogen) atoms. The van der Waals surface area contributed by atoms with Gasteiger partial charge in [-0.25, -0.2) is 0 Å². The topological polar surface area (TPSA) is 38.9 Å². The van der Waals surface area contributed by atoms with Gasteiger partial charge < -0.3 is 5.73 Å². The number of anilines is 1. The highest BCUT2D eigenvalue weighted by Gasteiger charge is 2.02. The number of nitrogen functional groups attached to an aromatic ring is 1. The number of rotatable bonds is 0. The fraction of sp³-hybridized carbons (Fsp3) is 0. The molecule has 2 nitrogen and oxygen atoms in total. The van der Waals surface area contributed by atoms with Gasteiger partial charge in [-0.05, 0) is 12.1 Å². The fourth-order valence-electron chi connectivity index (χ4n) is 1.17. The average Bonchev–Trinajstić information content (AvgIpc) is 2.12. The predicted octanol–water partition coefficient (Wildman–Crippen LogP) is 2.76. The molecule has 0 unspecified atom stereocenters. The minimum Gasteiger partial charge on any atom is -0.397 e. The maximum atomic E-state index is 5.81. The van der Waals surface area contributed by atoms with Crippen molar-refractivity contribution < 1.29 is 0 Å². The van der Waals surface area contributed by atoms with Crippen molar-refractivity contribution >= 4 is 40.8 Å². The van der Waals surface area contributed by atoms with Crippen molar-refractivity contribution in [1.29, 1.82) is 0 Å². The Balaban J connectivity index is 2.87. The van der Waals surface area contributed by atoms with Crippen molar-refractivity contribution in [2.75, 3.05) is 5.73 Å². The van der Waals surface area contributed by atoms with Gasteiger partial charge in [-0.2, -0.15) is 0 Å². The summed E-state index contributed by atoms with van der Waals surface area (Å²) in [6.07, 6.45) is 1.58. The van der Waals surface area contributed by atoms with Crippen LogP contribution in [0.4, 0.5) is 5.69 Å². The summed E-state index contributed by atoms with van der Waals surface area (Å²) in [6, 6.07) is 5.45. The molecule has 0 saturated heterocycles. The van der Waals surface area contributed by atoms with E-state index in [0.29, 0.717) is 10.7 Å². The number of nitrogens with zero attached hydrogens (tertiary/aromatic N) is 1. The lowest BCUT2D eigenvalue weighted by molar-refractivity contribution is 1.36. The van der Waals surface area contributed by atoms with Crippen molar-refractivity contribution in [3.05, 3.63) is 29.4 Å². The van der Waals surface area contributed by atoms with Gasteiger partial charge in [-0.3, -0.25) is 4.98 Å². The molecular formula is C9H7ClN2S. The quantitative estimate of drug-likeness (QED) is 0.657. The molecule has 1 heterocycles. The van der Waals surface area contributed by atoms with Gasteiger partial charge in [0.15, 0.2) is 0 Å². The lowest BCUT2D eigenvalue weighted by Gasteiger charge is -2.03. The lowest BCUT2D eigenvalue weighted by Crippen LogP contribution is -1.90. The van der Waals surface area contributed by atoms with E-state index in [-0.39, 0.29) is 0 Å². The number of nitrogens with two attached hydrogens (primary N) is 1. The van der Waals surface area contributed by atoms with Crippen molar-refractivity contribution in [1.82, 2.24) is 4.98 Å². The molecule has 4 heteroatoms. The van der Waals surface area contributed by atoms with E-state index in [1.54, 1.807) is 18.3 Å². The van der Waals surface area contributed by atoms with Crippen LogP contribution in [-0.4, -0.2) is 4.98 Å². The highest BCUT2D eigenvalue weighted by atomic mass is 35.5. The van der Waals surface area contributed by atoms with Crippen LogP contribution in [0.2, 0.25) is 5.02 Å². The molecule has 0 radical (unpaired) electrons. The second kappa shape index (κ2) is 3.09. The largest absolute Gasteiger partial charge is 0.397 e. The molecule has 0 aliphatic rings. The Morgan fingerprint density at radius 1 is 1.38 bits per heavy atom. The van der Waals surface area contributed by atoms with E-state index in [2.05, 4.69) is 17.6 Å². The number of halogens is 1. The zero-order chi connectivity index (χ0) is 9.42. The van der Waals surface area contributed by atoms with Gasteiger partial charge in [0.1, 0.15) is 0 Å². The number of aromatic nitrogens is 1. The van der Waals surface area contributed by atoms with Crippen LogP contribution in [0.5, 0.6) is 0 Å². The number of hydrogen-bond donors (Lipinski definition) is 2. The summed E-state index contributed by atoms with van der Waals surface area (Å²) in [7, 11) is 0. The Morgan fingerprint density at radius 2 is 2.15 bits per heavy atom. The summed E-state index contributed by atoms with van der Waals surface area (Å²) in [5, 5.41) is 1.59. The average molecular weight is 211 g/mol. The fourth-order valence-corrected chi connectivity index (χ4v) is 1.58. The lowest BCUT2D eigenvalue weighted by atomic mass is 10.2. The van der Waals surface area contributed by atoms with Gasteiger partial charge in [0.25, 0.3) is 0 Å². The highest BCUT2D eigenvalue weighted by molar-refractivity contribution is 7.80. The van der Waals surface area contributed by atoms with Crippen LogP contribution in [0, 0.1) is 0 Å². The molecule has 0 amide bonds. The molecule has 0 bridgehead atoms. The number of pyridine rings is 1. The Labute approximate surface area is 86.1 Å².